The third-order valence-electron chi connectivity index (χ3n) is 3.75. The smallest absolute Gasteiger partial charge is 0.131 e. The average molecular weight is 265 g/mol. The Morgan fingerprint density at radius 2 is 2.05 bits per heavy atom. The molecule has 3 aromatic rings. The molecule has 1 aliphatic rings. The summed E-state index contributed by atoms with van der Waals surface area (Å²) in [6, 6.07) is 11.0. The first kappa shape index (κ1) is 11.4. The van der Waals surface area contributed by atoms with Gasteiger partial charge in [-0.15, -0.1) is 0 Å². The summed E-state index contributed by atoms with van der Waals surface area (Å²) in [6.07, 6.45) is 4.37. The maximum absolute atomic E-state index is 14.3. The van der Waals surface area contributed by atoms with Gasteiger partial charge in [0.2, 0.25) is 0 Å². The molecule has 0 radical (unpaired) electrons. The van der Waals surface area contributed by atoms with Gasteiger partial charge in [0.15, 0.2) is 0 Å². The van der Waals surface area contributed by atoms with E-state index in [1.807, 2.05) is 24.3 Å². The molecule has 0 saturated carbocycles. The van der Waals surface area contributed by atoms with Crippen molar-refractivity contribution in [2.45, 2.75) is 6.42 Å². The summed E-state index contributed by atoms with van der Waals surface area (Å²) in [6.45, 7) is 0.709. The third-order valence-corrected chi connectivity index (χ3v) is 3.75. The van der Waals surface area contributed by atoms with Crippen molar-refractivity contribution >= 4 is 10.8 Å². The second kappa shape index (κ2) is 4.30. The van der Waals surface area contributed by atoms with Crippen molar-refractivity contribution in [1.82, 2.24) is 4.98 Å². The van der Waals surface area contributed by atoms with Crippen molar-refractivity contribution in [3.63, 3.8) is 0 Å². The lowest BCUT2D eigenvalue weighted by atomic mass is 9.97. The molecule has 0 amide bonds. The molecule has 4 rings (SSSR count). The van der Waals surface area contributed by atoms with Crippen LogP contribution in [0.15, 0.2) is 48.8 Å². The summed E-state index contributed by atoms with van der Waals surface area (Å²) in [4.78, 5) is 4.09. The fourth-order valence-electron chi connectivity index (χ4n) is 2.76. The van der Waals surface area contributed by atoms with E-state index in [0.717, 1.165) is 28.5 Å². The molecule has 98 valence electrons. The van der Waals surface area contributed by atoms with Gasteiger partial charge in [0.1, 0.15) is 11.6 Å². The molecule has 0 N–H and O–H groups in total. The molecule has 0 aliphatic carbocycles. The summed E-state index contributed by atoms with van der Waals surface area (Å²) in [7, 11) is 0. The van der Waals surface area contributed by atoms with Gasteiger partial charge in [0, 0.05) is 29.8 Å². The second-order valence-corrected chi connectivity index (χ2v) is 4.94. The first-order valence-corrected chi connectivity index (χ1v) is 6.61. The van der Waals surface area contributed by atoms with Crippen molar-refractivity contribution in [3.05, 3.63) is 60.2 Å². The van der Waals surface area contributed by atoms with Gasteiger partial charge in [-0.3, -0.25) is 4.98 Å². The Kier molecular flexibility index (Phi) is 2.46. The van der Waals surface area contributed by atoms with Crippen LogP contribution in [0.3, 0.4) is 0 Å². The maximum atomic E-state index is 14.3. The van der Waals surface area contributed by atoms with Crippen LogP contribution in [0.1, 0.15) is 5.56 Å². The van der Waals surface area contributed by atoms with Crippen LogP contribution in [-0.2, 0) is 6.42 Å². The summed E-state index contributed by atoms with van der Waals surface area (Å²) >= 11 is 0. The third kappa shape index (κ3) is 1.67. The monoisotopic (exact) mass is 265 g/mol. The SMILES string of the molecule is Fc1ccc2cnccc2c1-c1ccc2c(c1)OCC2. The summed E-state index contributed by atoms with van der Waals surface area (Å²) in [5, 5.41) is 1.81. The van der Waals surface area contributed by atoms with E-state index in [2.05, 4.69) is 4.98 Å². The van der Waals surface area contributed by atoms with E-state index in [9.17, 15) is 4.39 Å². The fraction of sp³-hybridized carbons (Fsp3) is 0.118. The largest absolute Gasteiger partial charge is 0.493 e. The molecule has 0 bridgehead atoms. The Morgan fingerprint density at radius 3 is 3.00 bits per heavy atom. The van der Waals surface area contributed by atoms with Crippen molar-refractivity contribution < 1.29 is 9.13 Å². The van der Waals surface area contributed by atoms with Crippen LogP contribution in [0, 0.1) is 5.82 Å². The quantitative estimate of drug-likeness (QED) is 0.664. The molecule has 20 heavy (non-hydrogen) atoms. The van der Waals surface area contributed by atoms with Gasteiger partial charge in [0.05, 0.1) is 6.61 Å². The van der Waals surface area contributed by atoms with Crippen LogP contribution in [-0.4, -0.2) is 11.6 Å². The van der Waals surface area contributed by atoms with Gasteiger partial charge < -0.3 is 4.74 Å². The zero-order valence-electron chi connectivity index (χ0n) is 10.8. The van der Waals surface area contributed by atoms with E-state index in [1.165, 1.54) is 11.6 Å². The molecule has 0 unspecified atom stereocenters. The van der Waals surface area contributed by atoms with Crippen molar-refractivity contribution in [2.75, 3.05) is 6.61 Å². The highest BCUT2D eigenvalue weighted by molar-refractivity contribution is 5.96. The Labute approximate surface area is 115 Å². The molecular formula is C17H12FNO. The minimum Gasteiger partial charge on any atom is -0.493 e. The Bertz CT molecular complexity index is 813. The Morgan fingerprint density at radius 1 is 1.10 bits per heavy atom. The lowest BCUT2D eigenvalue weighted by molar-refractivity contribution is 0.357. The van der Waals surface area contributed by atoms with Gasteiger partial charge in [-0.25, -0.2) is 4.39 Å². The van der Waals surface area contributed by atoms with Crippen LogP contribution in [0.5, 0.6) is 5.75 Å². The van der Waals surface area contributed by atoms with Gasteiger partial charge in [-0.2, -0.15) is 0 Å². The lowest BCUT2D eigenvalue weighted by Crippen LogP contribution is -1.89. The normalized spacial score (nSPS) is 13.2. The van der Waals surface area contributed by atoms with Gasteiger partial charge in [0.25, 0.3) is 0 Å². The van der Waals surface area contributed by atoms with E-state index in [-0.39, 0.29) is 5.82 Å². The average Bonchev–Trinajstić information content (AvgIpc) is 2.94. The molecule has 0 atom stereocenters. The number of benzene rings is 2. The Hall–Kier alpha value is -2.42. The van der Waals surface area contributed by atoms with Gasteiger partial charge in [-0.1, -0.05) is 12.1 Å². The number of halogens is 1. The number of hydrogen-bond acceptors (Lipinski definition) is 2. The van der Waals surface area contributed by atoms with E-state index in [1.54, 1.807) is 18.5 Å². The van der Waals surface area contributed by atoms with Crippen molar-refractivity contribution in [3.8, 4) is 16.9 Å². The number of ether oxygens (including phenoxy) is 1. The topological polar surface area (TPSA) is 22.1 Å². The zero-order chi connectivity index (χ0) is 13.5. The molecule has 0 fully saturated rings. The molecule has 0 saturated heterocycles. The van der Waals surface area contributed by atoms with Crippen molar-refractivity contribution in [2.24, 2.45) is 0 Å². The second-order valence-electron chi connectivity index (χ2n) is 4.94. The summed E-state index contributed by atoms with van der Waals surface area (Å²) in [5.74, 6) is 0.648. The van der Waals surface area contributed by atoms with Crippen LogP contribution in [0.2, 0.25) is 0 Å². The van der Waals surface area contributed by atoms with E-state index in [4.69, 9.17) is 4.74 Å². The van der Waals surface area contributed by atoms with Crippen LogP contribution in [0.4, 0.5) is 4.39 Å². The number of hydrogen-bond donors (Lipinski definition) is 0. The van der Waals surface area contributed by atoms with Crippen LogP contribution < -0.4 is 4.74 Å². The minimum absolute atomic E-state index is 0.221. The molecule has 1 aliphatic heterocycles. The van der Waals surface area contributed by atoms with E-state index in [0.29, 0.717) is 12.2 Å². The predicted octanol–water partition coefficient (Wildman–Crippen LogP) is 3.98. The van der Waals surface area contributed by atoms with Crippen LogP contribution >= 0.6 is 0 Å². The molecular weight excluding hydrogens is 253 g/mol. The van der Waals surface area contributed by atoms with Crippen LogP contribution in [0.25, 0.3) is 21.9 Å². The Balaban J connectivity index is 2.00. The predicted molar refractivity (Wildman–Crippen MR) is 76.3 cm³/mol. The molecule has 2 aromatic carbocycles. The van der Waals surface area contributed by atoms with Crippen molar-refractivity contribution in [1.29, 1.82) is 0 Å². The maximum Gasteiger partial charge on any atom is 0.131 e. The van der Waals surface area contributed by atoms with E-state index >= 15 is 0 Å². The first-order chi connectivity index (χ1) is 9.83. The van der Waals surface area contributed by atoms with E-state index < -0.39 is 0 Å². The van der Waals surface area contributed by atoms with Gasteiger partial charge in [-0.05, 0) is 40.8 Å². The molecule has 1 aromatic heterocycles. The summed E-state index contributed by atoms with van der Waals surface area (Å²) in [5.41, 5.74) is 2.65. The lowest BCUT2D eigenvalue weighted by Gasteiger charge is -2.09. The molecule has 2 heterocycles. The van der Waals surface area contributed by atoms with Gasteiger partial charge >= 0.3 is 0 Å². The summed E-state index contributed by atoms with van der Waals surface area (Å²) < 4.78 is 19.9. The zero-order valence-corrected chi connectivity index (χ0v) is 10.8. The highest BCUT2D eigenvalue weighted by Gasteiger charge is 2.16. The molecule has 0 spiro atoms. The number of rotatable bonds is 1. The highest BCUT2D eigenvalue weighted by Crippen LogP contribution is 2.35. The minimum atomic E-state index is -0.221. The number of pyridine rings is 1. The fourth-order valence-corrected chi connectivity index (χ4v) is 2.76. The first-order valence-electron chi connectivity index (χ1n) is 6.61. The number of fused-ring (bicyclic) bond motifs is 2. The highest BCUT2D eigenvalue weighted by atomic mass is 19.1. The standard InChI is InChI=1S/C17H12FNO/c18-15-4-3-13-10-19-7-5-14(13)17(15)12-2-1-11-6-8-20-16(11)9-12/h1-5,7,9-10H,6,8H2. The number of aromatic nitrogens is 1. The molecule has 2 nitrogen and oxygen atoms in total. The molecule has 3 heteroatoms. The number of nitrogens with zero attached hydrogens (tertiary/aromatic N) is 1.